The number of nitrogens with two attached hydrogens (primary N) is 1. The molecule has 0 saturated carbocycles. The van der Waals surface area contributed by atoms with Crippen molar-refractivity contribution in [3.05, 3.63) is 41.5 Å². The first kappa shape index (κ1) is 14.2. The van der Waals surface area contributed by atoms with E-state index < -0.39 is 0 Å². The van der Waals surface area contributed by atoms with E-state index in [2.05, 4.69) is 34.1 Å². The molecule has 0 spiro atoms. The molecule has 2 heterocycles. The van der Waals surface area contributed by atoms with Crippen LogP contribution in [0.3, 0.4) is 0 Å². The van der Waals surface area contributed by atoms with Crippen molar-refractivity contribution in [1.82, 2.24) is 15.0 Å². The van der Waals surface area contributed by atoms with Gasteiger partial charge in [-0.1, -0.05) is 13.0 Å². The number of anilines is 2. The highest BCUT2D eigenvalue weighted by atomic mass is 15.1. The van der Waals surface area contributed by atoms with Crippen molar-refractivity contribution in [3.63, 3.8) is 0 Å². The van der Waals surface area contributed by atoms with E-state index in [1.54, 1.807) is 6.20 Å². The van der Waals surface area contributed by atoms with Crippen molar-refractivity contribution in [3.8, 4) is 0 Å². The molecule has 0 aliphatic carbocycles. The molecule has 2 rings (SSSR count). The molecule has 0 fully saturated rings. The van der Waals surface area contributed by atoms with E-state index in [1.807, 2.05) is 25.3 Å². The highest BCUT2D eigenvalue weighted by Crippen LogP contribution is 2.23. The van der Waals surface area contributed by atoms with E-state index >= 15 is 0 Å². The summed E-state index contributed by atoms with van der Waals surface area (Å²) in [5, 5.41) is 3.39. The van der Waals surface area contributed by atoms with Crippen LogP contribution in [-0.2, 0) is 6.42 Å². The molecule has 2 aromatic rings. The Labute approximate surface area is 119 Å². The van der Waals surface area contributed by atoms with Gasteiger partial charge in [0.05, 0.1) is 6.04 Å². The van der Waals surface area contributed by atoms with Crippen molar-refractivity contribution < 1.29 is 0 Å². The van der Waals surface area contributed by atoms with Gasteiger partial charge in [0.15, 0.2) is 0 Å². The van der Waals surface area contributed by atoms with Crippen LogP contribution in [0, 0.1) is 6.92 Å². The average molecular weight is 271 g/mol. The van der Waals surface area contributed by atoms with E-state index in [0.29, 0.717) is 5.82 Å². The van der Waals surface area contributed by atoms with Gasteiger partial charge in [0.1, 0.15) is 17.5 Å². The Morgan fingerprint density at radius 3 is 2.80 bits per heavy atom. The predicted octanol–water partition coefficient (Wildman–Crippen LogP) is 2.89. The van der Waals surface area contributed by atoms with Gasteiger partial charge < -0.3 is 11.1 Å². The van der Waals surface area contributed by atoms with Crippen LogP contribution in [0.2, 0.25) is 0 Å². The lowest BCUT2D eigenvalue weighted by Crippen LogP contribution is -2.13. The zero-order valence-corrected chi connectivity index (χ0v) is 12.2. The second-order valence-electron chi connectivity index (χ2n) is 4.90. The van der Waals surface area contributed by atoms with Crippen LogP contribution in [0.25, 0.3) is 0 Å². The third-order valence-corrected chi connectivity index (χ3v) is 3.24. The molecule has 0 aliphatic heterocycles. The number of rotatable bonds is 5. The molecule has 0 amide bonds. The van der Waals surface area contributed by atoms with Gasteiger partial charge in [-0.15, -0.1) is 0 Å². The number of hydrogen-bond acceptors (Lipinski definition) is 5. The summed E-state index contributed by atoms with van der Waals surface area (Å²) >= 11 is 0. The first-order chi connectivity index (χ1) is 9.61. The summed E-state index contributed by atoms with van der Waals surface area (Å²) in [6, 6.07) is 4.08. The zero-order valence-electron chi connectivity index (χ0n) is 12.2. The van der Waals surface area contributed by atoms with Crippen LogP contribution >= 0.6 is 0 Å². The van der Waals surface area contributed by atoms with Crippen LogP contribution in [-0.4, -0.2) is 15.0 Å². The van der Waals surface area contributed by atoms with Crippen molar-refractivity contribution in [2.45, 2.75) is 39.7 Å². The molecule has 1 atom stereocenters. The fourth-order valence-electron chi connectivity index (χ4n) is 1.98. The third kappa shape index (κ3) is 3.23. The minimum Gasteiger partial charge on any atom is -0.383 e. The molecule has 0 aromatic carbocycles. The molecule has 106 valence electrons. The number of aryl methyl sites for hydroxylation is 1. The van der Waals surface area contributed by atoms with E-state index in [4.69, 9.17) is 5.73 Å². The van der Waals surface area contributed by atoms with Crippen LogP contribution in [0.5, 0.6) is 0 Å². The predicted molar refractivity (Wildman–Crippen MR) is 81.5 cm³/mol. The molecule has 0 saturated heterocycles. The lowest BCUT2D eigenvalue weighted by Gasteiger charge is -2.17. The molecule has 2 aromatic heterocycles. The number of nitrogen functional groups attached to an aromatic ring is 1. The van der Waals surface area contributed by atoms with Crippen molar-refractivity contribution >= 4 is 11.6 Å². The molecular weight excluding hydrogens is 250 g/mol. The summed E-state index contributed by atoms with van der Waals surface area (Å²) in [5.74, 6) is 2.14. The number of nitrogens with one attached hydrogen (secondary N) is 1. The van der Waals surface area contributed by atoms with E-state index in [9.17, 15) is 0 Å². The second kappa shape index (κ2) is 6.32. The number of nitrogens with zero attached hydrogens (tertiary/aromatic N) is 3. The highest BCUT2D eigenvalue weighted by molar-refractivity contribution is 5.55. The Hall–Kier alpha value is -2.17. The number of hydrogen-bond donors (Lipinski definition) is 2. The molecule has 5 heteroatoms. The van der Waals surface area contributed by atoms with E-state index in [0.717, 1.165) is 35.6 Å². The van der Waals surface area contributed by atoms with Gasteiger partial charge in [-0.2, -0.15) is 0 Å². The lowest BCUT2D eigenvalue weighted by atomic mass is 10.1. The standard InChI is InChI=1S/C15H21N5/c1-4-6-13-19-14(16)10(2)15(20-13)18-11(3)12-7-5-8-17-9-12/h5,7-9,11H,4,6H2,1-3H3,(H3,16,18,19,20). The summed E-state index contributed by atoms with van der Waals surface area (Å²) in [4.78, 5) is 13.0. The third-order valence-electron chi connectivity index (χ3n) is 3.24. The number of pyridine rings is 1. The van der Waals surface area contributed by atoms with Gasteiger partial charge >= 0.3 is 0 Å². The van der Waals surface area contributed by atoms with Crippen LogP contribution in [0.4, 0.5) is 11.6 Å². The van der Waals surface area contributed by atoms with Crippen LogP contribution in [0.15, 0.2) is 24.5 Å². The lowest BCUT2D eigenvalue weighted by molar-refractivity contribution is 0.815. The number of aromatic nitrogens is 3. The normalized spacial score (nSPS) is 12.2. The van der Waals surface area contributed by atoms with Gasteiger partial charge in [-0.25, -0.2) is 9.97 Å². The first-order valence-electron chi connectivity index (χ1n) is 6.91. The molecule has 3 N–H and O–H groups in total. The van der Waals surface area contributed by atoms with Crippen molar-refractivity contribution in [2.75, 3.05) is 11.1 Å². The SMILES string of the molecule is CCCc1nc(N)c(C)c(NC(C)c2cccnc2)n1. The molecule has 1 unspecified atom stereocenters. The largest absolute Gasteiger partial charge is 0.383 e. The minimum atomic E-state index is 0.117. The summed E-state index contributed by atoms with van der Waals surface area (Å²) in [6.45, 7) is 6.11. The summed E-state index contributed by atoms with van der Waals surface area (Å²) < 4.78 is 0. The van der Waals surface area contributed by atoms with Crippen LogP contribution < -0.4 is 11.1 Å². The molecule has 0 aliphatic rings. The van der Waals surface area contributed by atoms with Gasteiger partial charge in [0.2, 0.25) is 0 Å². The van der Waals surface area contributed by atoms with Gasteiger partial charge in [-0.3, -0.25) is 4.98 Å². The Morgan fingerprint density at radius 2 is 2.15 bits per heavy atom. The maximum Gasteiger partial charge on any atom is 0.135 e. The Morgan fingerprint density at radius 1 is 1.35 bits per heavy atom. The molecule has 5 nitrogen and oxygen atoms in total. The Bertz CT molecular complexity index is 568. The van der Waals surface area contributed by atoms with Crippen LogP contribution in [0.1, 0.15) is 43.3 Å². The summed E-state index contributed by atoms with van der Waals surface area (Å²) in [7, 11) is 0. The maximum absolute atomic E-state index is 5.96. The minimum absolute atomic E-state index is 0.117. The second-order valence-corrected chi connectivity index (χ2v) is 4.90. The quantitative estimate of drug-likeness (QED) is 0.874. The summed E-state index contributed by atoms with van der Waals surface area (Å²) in [6.07, 6.45) is 5.45. The van der Waals surface area contributed by atoms with Gasteiger partial charge in [0.25, 0.3) is 0 Å². The molecule has 20 heavy (non-hydrogen) atoms. The fourth-order valence-corrected chi connectivity index (χ4v) is 1.98. The van der Waals surface area contributed by atoms with Gasteiger partial charge in [0, 0.05) is 24.4 Å². The zero-order chi connectivity index (χ0) is 14.5. The maximum atomic E-state index is 5.96. The summed E-state index contributed by atoms with van der Waals surface area (Å²) in [5.41, 5.74) is 7.96. The highest BCUT2D eigenvalue weighted by Gasteiger charge is 2.12. The molecular formula is C15H21N5. The average Bonchev–Trinajstić information content (AvgIpc) is 2.45. The molecule has 0 bridgehead atoms. The van der Waals surface area contributed by atoms with Crippen molar-refractivity contribution in [2.24, 2.45) is 0 Å². The van der Waals surface area contributed by atoms with E-state index in [-0.39, 0.29) is 6.04 Å². The fraction of sp³-hybridized carbons (Fsp3) is 0.400. The Balaban J connectivity index is 2.24. The van der Waals surface area contributed by atoms with Gasteiger partial charge in [-0.05, 0) is 31.9 Å². The van der Waals surface area contributed by atoms with Crippen molar-refractivity contribution in [1.29, 1.82) is 0 Å². The monoisotopic (exact) mass is 271 g/mol. The molecule has 0 radical (unpaired) electrons. The van der Waals surface area contributed by atoms with E-state index in [1.165, 1.54) is 0 Å². The Kier molecular flexibility index (Phi) is 4.50. The topological polar surface area (TPSA) is 76.7 Å². The smallest absolute Gasteiger partial charge is 0.135 e. The first-order valence-corrected chi connectivity index (χ1v) is 6.91.